The Hall–Kier alpha value is -2.79. The highest BCUT2D eigenvalue weighted by atomic mass is 35.5. The SMILES string of the molecule is CNC(=O)C1OC(n2cnc3c(NCc4ccc(Cl)cc4)ncnc32)C(O)C1O. The van der Waals surface area contributed by atoms with E-state index in [4.69, 9.17) is 16.3 Å². The summed E-state index contributed by atoms with van der Waals surface area (Å²) in [5.74, 6) is -0.0250. The normalized spacial score (nSPS) is 24.0. The number of nitrogens with one attached hydrogen (secondary N) is 2. The summed E-state index contributed by atoms with van der Waals surface area (Å²) in [5.41, 5.74) is 1.87. The summed E-state index contributed by atoms with van der Waals surface area (Å²) in [4.78, 5) is 24.6. The summed E-state index contributed by atoms with van der Waals surface area (Å²) in [6.45, 7) is 0.496. The van der Waals surface area contributed by atoms with Gasteiger partial charge in [-0.15, -0.1) is 0 Å². The largest absolute Gasteiger partial charge is 0.387 e. The summed E-state index contributed by atoms with van der Waals surface area (Å²) < 4.78 is 7.06. The van der Waals surface area contributed by atoms with Crippen molar-refractivity contribution in [1.82, 2.24) is 24.8 Å². The molecule has 0 bridgehead atoms. The van der Waals surface area contributed by atoms with Crippen LogP contribution in [0.4, 0.5) is 5.82 Å². The summed E-state index contributed by atoms with van der Waals surface area (Å²) in [7, 11) is 1.43. The Morgan fingerprint density at radius 3 is 2.69 bits per heavy atom. The number of halogens is 1. The molecule has 1 saturated heterocycles. The number of nitrogens with zero attached hydrogens (tertiary/aromatic N) is 4. The molecule has 0 aliphatic carbocycles. The van der Waals surface area contributed by atoms with Crippen molar-refractivity contribution in [3.63, 3.8) is 0 Å². The summed E-state index contributed by atoms with van der Waals surface area (Å²) in [5, 5.41) is 26.8. The second-order valence-electron chi connectivity index (χ2n) is 6.57. The number of fused-ring (bicyclic) bond motifs is 1. The Morgan fingerprint density at radius 2 is 1.97 bits per heavy atom. The fraction of sp³-hybridized carbons (Fsp3) is 0.333. The second-order valence-corrected chi connectivity index (χ2v) is 7.01. The van der Waals surface area contributed by atoms with Crippen LogP contribution in [0.1, 0.15) is 11.8 Å². The minimum absolute atomic E-state index is 0.396. The number of benzene rings is 1. The minimum Gasteiger partial charge on any atom is -0.387 e. The molecule has 29 heavy (non-hydrogen) atoms. The smallest absolute Gasteiger partial charge is 0.251 e. The Balaban J connectivity index is 1.59. The molecule has 1 fully saturated rings. The van der Waals surface area contributed by atoms with Gasteiger partial charge in [0.15, 0.2) is 29.3 Å². The molecule has 4 atom stereocenters. The van der Waals surface area contributed by atoms with Gasteiger partial charge in [-0.3, -0.25) is 9.36 Å². The molecule has 11 heteroatoms. The third-order valence-electron chi connectivity index (χ3n) is 4.75. The predicted octanol–water partition coefficient (Wildman–Crippen LogP) is 0.457. The number of aliphatic hydroxyl groups excluding tert-OH is 2. The van der Waals surface area contributed by atoms with Crippen LogP contribution in [0.3, 0.4) is 0 Å². The van der Waals surface area contributed by atoms with Gasteiger partial charge in [0.05, 0.1) is 6.33 Å². The number of aromatic nitrogens is 4. The standard InChI is InChI=1S/C18H19ClN6O4/c1-20-17(28)14-12(26)13(27)18(29-14)25-8-24-11-15(22-7-23-16(11)25)21-6-9-2-4-10(19)5-3-9/h2-5,7-8,12-14,18,26-27H,6H2,1H3,(H,20,28)(H,21,22,23). The quantitative estimate of drug-likeness (QED) is 0.469. The molecule has 4 N–H and O–H groups in total. The molecular formula is C18H19ClN6O4. The zero-order chi connectivity index (χ0) is 20.5. The van der Waals surface area contributed by atoms with Crippen molar-refractivity contribution in [1.29, 1.82) is 0 Å². The number of hydrogen-bond acceptors (Lipinski definition) is 8. The highest BCUT2D eigenvalue weighted by Crippen LogP contribution is 2.32. The second kappa shape index (κ2) is 7.91. The van der Waals surface area contributed by atoms with Gasteiger partial charge in [0, 0.05) is 18.6 Å². The van der Waals surface area contributed by atoms with Crippen LogP contribution in [0.2, 0.25) is 5.02 Å². The van der Waals surface area contributed by atoms with Crippen molar-refractivity contribution in [2.45, 2.75) is 31.1 Å². The van der Waals surface area contributed by atoms with Crippen molar-refractivity contribution in [3.05, 3.63) is 47.5 Å². The molecule has 4 unspecified atom stereocenters. The number of hydrogen-bond donors (Lipinski definition) is 4. The van der Waals surface area contributed by atoms with E-state index in [0.29, 0.717) is 28.5 Å². The first-order chi connectivity index (χ1) is 14.0. The van der Waals surface area contributed by atoms with Gasteiger partial charge >= 0.3 is 0 Å². The number of amides is 1. The van der Waals surface area contributed by atoms with Gasteiger partial charge in [0.2, 0.25) is 0 Å². The molecular weight excluding hydrogens is 400 g/mol. The Kier molecular flexibility index (Phi) is 5.33. The van der Waals surface area contributed by atoms with Gasteiger partial charge in [-0.1, -0.05) is 23.7 Å². The lowest BCUT2D eigenvalue weighted by molar-refractivity contribution is -0.137. The van der Waals surface area contributed by atoms with E-state index in [1.54, 1.807) is 12.1 Å². The molecule has 1 aromatic carbocycles. The third kappa shape index (κ3) is 3.62. The summed E-state index contributed by atoms with van der Waals surface area (Å²) in [6, 6.07) is 7.40. The molecule has 152 valence electrons. The average Bonchev–Trinajstić information content (AvgIpc) is 3.29. The van der Waals surface area contributed by atoms with Crippen LogP contribution in [0, 0.1) is 0 Å². The summed E-state index contributed by atoms with van der Waals surface area (Å²) in [6.07, 6.45) is -2.12. The number of rotatable bonds is 5. The zero-order valence-electron chi connectivity index (χ0n) is 15.4. The molecule has 0 spiro atoms. The zero-order valence-corrected chi connectivity index (χ0v) is 16.1. The van der Waals surface area contributed by atoms with Gasteiger partial charge in [-0.05, 0) is 17.7 Å². The molecule has 2 aromatic heterocycles. The molecule has 1 aliphatic rings. The molecule has 0 radical (unpaired) electrons. The molecule has 10 nitrogen and oxygen atoms in total. The fourth-order valence-corrected chi connectivity index (χ4v) is 3.33. The Bertz CT molecular complexity index is 1030. The van der Waals surface area contributed by atoms with Crippen LogP contribution in [0.5, 0.6) is 0 Å². The lowest BCUT2D eigenvalue weighted by Gasteiger charge is -2.16. The number of aliphatic hydroxyl groups is 2. The molecule has 3 aromatic rings. The summed E-state index contributed by atoms with van der Waals surface area (Å²) >= 11 is 5.90. The van der Waals surface area contributed by atoms with E-state index in [1.807, 2.05) is 12.1 Å². The van der Waals surface area contributed by atoms with Crippen LogP contribution in [-0.4, -0.2) is 61.0 Å². The molecule has 4 rings (SSSR count). The van der Waals surface area contributed by atoms with Gasteiger partial charge in [-0.25, -0.2) is 15.0 Å². The number of imidazole rings is 1. The highest BCUT2D eigenvalue weighted by Gasteiger charge is 2.47. The highest BCUT2D eigenvalue weighted by molar-refractivity contribution is 6.30. The van der Waals surface area contributed by atoms with E-state index in [9.17, 15) is 15.0 Å². The first kappa shape index (κ1) is 19.5. The maximum atomic E-state index is 11.9. The van der Waals surface area contributed by atoms with E-state index in [2.05, 4.69) is 25.6 Å². The van der Waals surface area contributed by atoms with E-state index >= 15 is 0 Å². The van der Waals surface area contributed by atoms with Gasteiger partial charge in [0.1, 0.15) is 18.5 Å². The maximum Gasteiger partial charge on any atom is 0.251 e. The fourth-order valence-electron chi connectivity index (χ4n) is 3.20. The van der Waals surface area contributed by atoms with Crippen LogP contribution >= 0.6 is 11.6 Å². The average molecular weight is 419 g/mol. The topological polar surface area (TPSA) is 134 Å². The van der Waals surface area contributed by atoms with Crippen molar-refractivity contribution in [3.8, 4) is 0 Å². The first-order valence-electron chi connectivity index (χ1n) is 8.88. The van der Waals surface area contributed by atoms with E-state index in [-0.39, 0.29) is 0 Å². The van der Waals surface area contributed by atoms with Crippen LogP contribution in [0.25, 0.3) is 11.2 Å². The molecule has 3 heterocycles. The van der Waals surface area contributed by atoms with Crippen molar-refractivity contribution < 1.29 is 19.7 Å². The molecule has 1 aliphatic heterocycles. The maximum absolute atomic E-state index is 11.9. The van der Waals surface area contributed by atoms with Crippen LogP contribution in [-0.2, 0) is 16.1 Å². The number of anilines is 1. The van der Waals surface area contributed by atoms with Crippen molar-refractivity contribution >= 4 is 34.5 Å². The number of likely N-dealkylation sites (N-methyl/N-ethyl adjacent to an activating group) is 1. The Labute approximate surface area is 170 Å². The third-order valence-corrected chi connectivity index (χ3v) is 5.00. The van der Waals surface area contributed by atoms with E-state index in [0.717, 1.165) is 5.56 Å². The lowest BCUT2D eigenvalue weighted by atomic mass is 10.1. The van der Waals surface area contributed by atoms with Crippen molar-refractivity contribution in [2.75, 3.05) is 12.4 Å². The number of carbonyl (C=O) groups is 1. The number of ether oxygens (including phenoxy) is 1. The molecule has 1 amide bonds. The monoisotopic (exact) mass is 418 g/mol. The Morgan fingerprint density at radius 1 is 1.21 bits per heavy atom. The van der Waals surface area contributed by atoms with Crippen LogP contribution < -0.4 is 10.6 Å². The van der Waals surface area contributed by atoms with Gasteiger partial charge in [-0.2, -0.15) is 0 Å². The van der Waals surface area contributed by atoms with E-state index in [1.165, 1.54) is 24.3 Å². The van der Waals surface area contributed by atoms with Gasteiger partial charge < -0.3 is 25.6 Å². The molecule has 0 saturated carbocycles. The predicted molar refractivity (Wildman–Crippen MR) is 104 cm³/mol. The lowest BCUT2D eigenvalue weighted by Crippen LogP contribution is -2.41. The first-order valence-corrected chi connectivity index (χ1v) is 9.26. The number of carbonyl (C=O) groups excluding carboxylic acids is 1. The van der Waals surface area contributed by atoms with Crippen molar-refractivity contribution in [2.24, 2.45) is 0 Å². The van der Waals surface area contributed by atoms with E-state index < -0.39 is 30.4 Å². The minimum atomic E-state index is -1.37. The van der Waals surface area contributed by atoms with Gasteiger partial charge in [0.25, 0.3) is 5.91 Å². The van der Waals surface area contributed by atoms with Crippen LogP contribution in [0.15, 0.2) is 36.9 Å².